The molecule has 0 aromatic heterocycles. The summed E-state index contributed by atoms with van der Waals surface area (Å²) in [5, 5.41) is 6.40. The second kappa shape index (κ2) is 6.07. The van der Waals surface area contributed by atoms with Gasteiger partial charge in [0, 0.05) is 31.0 Å². The van der Waals surface area contributed by atoms with Crippen LogP contribution in [0.5, 0.6) is 0 Å². The third kappa shape index (κ3) is 3.75. The zero-order chi connectivity index (χ0) is 12.1. The second-order valence-corrected chi connectivity index (χ2v) is 5.43. The summed E-state index contributed by atoms with van der Waals surface area (Å²) in [7, 11) is 0. The van der Waals surface area contributed by atoms with Crippen molar-refractivity contribution in [2.45, 2.75) is 25.9 Å². The van der Waals surface area contributed by atoms with Crippen LogP contribution in [-0.2, 0) is 11.3 Å². The van der Waals surface area contributed by atoms with E-state index < -0.39 is 0 Å². The second-order valence-electron chi connectivity index (χ2n) is 4.28. The zero-order valence-electron chi connectivity index (χ0n) is 10.0. The third-order valence-electron chi connectivity index (χ3n) is 2.84. The number of anilines is 1. The molecule has 1 aliphatic heterocycles. The Morgan fingerprint density at radius 2 is 2.29 bits per heavy atom. The van der Waals surface area contributed by atoms with Crippen molar-refractivity contribution < 1.29 is 4.79 Å². The molecule has 1 atom stereocenters. The van der Waals surface area contributed by atoms with E-state index in [1.165, 1.54) is 24.9 Å². The summed E-state index contributed by atoms with van der Waals surface area (Å²) in [5.41, 5.74) is 2.07. The third-order valence-corrected chi connectivity index (χ3v) is 4.00. The minimum atomic E-state index is -0.0196. The van der Waals surface area contributed by atoms with Crippen LogP contribution in [0.2, 0.25) is 0 Å². The first kappa shape index (κ1) is 12.5. The van der Waals surface area contributed by atoms with Crippen LogP contribution in [0, 0.1) is 0 Å². The number of benzene rings is 1. The molecular formula is C13H18N2OS. The van der Waals surface area contributed by atoms with Gasteiger partial charge in [0.15, 0.2) is 0 Å². The number of nitrogens with one attached hydrogen (secondary N) is 2. The van der Waals surface area contributed by atoms with Gasteiger partial charge < -0.3 is 10.6 Å². The predicted octanol–water partition coefficient (Wildman–Crippen LogP) is 2.24. The molecule has 1 unspecified atom stereocenters. The Morgan fingerprint density at radius 1 is 1.47 bits per heavy atom. The summed E-state index contributed by atoms with van der Waals surface area (Å²) in [6, 6.07) is 8.57. The average molecular weight is 250 g/mol. The number of carbonyl (C=O) groups excluding carboxylic acids is 1. The van der Waals surface area contributed by atoms with Crippen molar-refractivity contribution in [3.05, 3.63) is 29.8 Å². The van der Waals surface area contributed by atoms with E-state index in [-0.39, 0.29) is 5.91 Å². The summed E-state index contributed by atoms with van der Waals surface area (Å²) in [6.07, 6.45) is 1.24. The Kier molecular flexibility index (Phi) is 4.45. The number of hydrogen-bond acceptors (Lipinski definition) is 3. The normalized spacial score (nSPS) is 19.2. The van der Waals surface area contributed by atoms with E-state index in [4.69, 9.17) is 0 Å². The van der Waals surface area contributed by atoms with E-state index in [1.54, 1.807) is 0 Å². The Balaban J connectivity index is 1.96. The highest BCUT2D eigenvalue weighted by Crippen LogP contribution is 2.19. The lowest BCUT2D eigenvalue weighted by molar-refractivity contribution is -0.114. The maximum Gasteiger partial charge on any atom is 0.221 e. The maximum atomic E-state index is 11.1. The molecule has 1 aromatic rings. The van der Waals surface area contributed by atoms with E-state index in [0.717, 1.165) is 17.8 Å². The van der Waals surface area contributed by atoms with Gasteiger partial charge in [0.2, 0.25) is 5.91 Å². The summed E-state index contributed by atoms with van der Waals surface area (Å²) < 4.78 is 0. The van der Waals surface area contributed by atoms with Gasteiger partial charge in [-0.05, 0) is 23.8 Å². The molecule has 17 heavy (non-hydrogen) atoms. The standard InChI is InChI=1S/C13H18N2OS/c1-10(16)15-13-5-3-2-4-11(13)8-14-12-6-7-17-9-12/h2-5,12,14H,6-9H2,1H3,(H,15,16). The predicted molar refractivity (Wildman–Crippen MR) is 73.3 cm³/mol. The molecule has 1 fully saturated rings. The first-order valence-corrected chi connectivity index (χ1v) is 7.08. The summed E-state index contributed by atoms with van der Waals surface area (Å²) >= 11 is 2.00. The number of amides is 1. The van der Waals surface area contributed by atoms with Crippen LogP contribution in [0.4, 0.5) is 5.69 Å². The van der Waals surface area contributed by atoms with Crippen molar-refractivity contribution >= 4 is 23.4 Å². The molecule has 2 N–H and O–H groups in total. The first-order valence-electron chi connectivity index (χ1n) is 5.92. The van der Waals surface area contributed by atoms with E-state index in [9.17, 15) is 4.79 Å². The number of carbonyl (C=O) groups is 1. The van der Waals surface area contributed by atoms with Crippen molar-refractivity contribution in [3.8, 4) is 0 Å². The fraction of sp³-hybridized carbons (Fsp3) is 0.462. The molecule has 1 saturated heterocycles. The molecule has 2 rings (SSSR count). The summed E-state index contributed by atoms with van der Waals surface area (Å²) in [6.45, 7) is 2.36. The van der Waals surface area contributed by atoms with E-state index >= 15 is 0 Å². The average Bonchev–Trinajstić information content (AvgIpc) is 2.80. The lowest BCUT2D eigenvalue weighted by Gasteiger charge is -2.14. The Bertz CT molecular complexity index is 389. The van der Waals surface area contributed by atoms with E-state index in [1.807, 2.05) is 30.0 Å². The molecule has 4 heteroatoms. The van der Waals surface area contributed by atoms with Crippen LogP contribution in [-0.4, -0.2) is 23.5 Å². The largest absolute Gasteiger partial charge is 0.326 e. The molecule has 0 spiro atoms. The minimum Gasteiger partial charge on any atom is -0.326 e. The van der Waals surface area contributed by atoms with Crippen molar-refractivity contribution in [1.29, 1.82) is 0 Å². The van der Waals surface area contributed by atoms with Gasteiger partial charge in [-0.15, -0.1) is 0 Å². The van der Waals surface area contributed by atoms with Crippen LogP contribution in [0.1, 0.15) is 18.9 Å². The van der Waals surface area contributed by atoms with Gasteiger partial charge in [0.05, 0.1) is 0 Å². The smallest absolute Gasteiger partial charge is 0.221 e. The monoisotopic (exact) mass is 250 g/mol. The van der Waals surface area contributed by atoms with Crippen LogP contribution in [0.3, 0.4) is 0 Å². The Hall–Kier alpha value is -1.00. The van der Waals surface area contributed by atoms with Crippen molar-refractivity contribution in [3.63, 3.8) is 0 Å². The van der Waals surface area contributed by atoms with Crippen LogP contribution in [0.25, 0.3) is 0 Å². The molecular weight excluding hydrogens is 232 g/mol. The van der Waals surface area contributed by atoms with Gasteiger partial charge in [-0.2, -0.15) is 11.8 Å². The molecule has 0 aliphatic carbocycles. The van der Waals surface area contributed by atoms with Crippen molar-refractivity contribution in [2.75, 3.05) is 16.8 Å². The number of thioether (sulfide) groups is 1. The maximum absolute atomic E-state index is 11.1. The quantitative estimate of drug-likeness (QED) is 0.861. The van der Waals surface area contributed by atoms with Gasteiger partial charge >= 0.3 is 0 Å². The fourth-order valence-electron chi connectivity index (χ4n) is 1.94. The van der Waals surface area contributed by atoms with Crippen LogP contribution < -0.4 is 10.6 Å². The summed E-state index contributed by atoms with van der Waals surface area (Å²) in [4.78, 5) is 11.1. The minimum absolute atomic E-state index is 0.0196. The van der Waals surface area contributed by atoms with Crippen molar-refractivity contribution in [1.82, 2.24) is 5.32 Å². The fourth-order valence-corrected chi connectivity index (χ4v) is 3.12. The number of hydrogen-bond donors (Lipinski definition) is 2. The van der Waals surface area contributed by atoms with Gasteiger partial charge in [0.1, 0.15) is 0 Å². The molecule has 0 saturated carbocycles. The van der Waals surface area contributed by atoms with Gasteiger partial charge in [0.25, 0.3) is 0 Å². The van der Waals surface area contributed by atoms with E-state index in [0.29, 0.717) is 6.04 Å². The van der Waals surface area contributed by atoms with Gasteiger partial charge in [-0.3, -0.25) is 4.79 Å². The SMILES string of the molecule is CC(=O)Nc1ccccc1CNC1CCSC1. The lowest BCUT2D eigenvalue weighted by atomic mass is 10.1. The molecule has 0 bridgehead atoms. The van der Waals surface area contributed by atoms with Crippen molar-refractivity contribution in [2.24, 2.45) is 0 Å². The molecule has 1 aliphatic rings. The molecule has 3 nitrogen and oxygen atoms in total. The number of rotatable bonds is 4. The van der Waals surface area contributed by atoms with Crippen LogP contribution >= 0.6 is 11.8 Å². The zero-order valence-corrected chi connectivity index (χ0v) is 10.8. The Morgan fingerprint density at radius 3 is 3.00 bits per heavy atom. The highest BCUT2D eigenvalue weighted by molar-refractivity contribution is 7.99. The summed E-state index contributed by atoms with van der Waals surface area (Å²) in [5.74, 6) is 2.43. The van der Waals surface area contributed by atoms with Gasteiger partial charge in [-0.1, -0.05) is 18.2 Å². The molecule has 1 amide bonds. The van der Waals surface area contributed by atoms with Gasteiger partial charge in [-0.25, -0.2) is 0 Å². The highest BCUT2D eigenvalue weighted by Gasteiger charge is 2.14. The Labute approximate surface area is 106 Å². The highest BCUT2D eigenvalue weighted by atomic mass is 32.2. The molecule has 92 valence electrons. The molecule has 1 heterocycles. The van der Waals surface area contributed by atoms with Crippen LogP contribution in [0.15, 0.2) is 24.3 Å². The molecule has 1 aromatic carbocycles. The topological polar surface area (TPSA) is 41.1 Å². The first-order chi connectivity index (χ1) is 8.25. The molecule has 0 radical (unpaired) electrons. The number of para-hydroxylation sites is 1. The van der Waals surface area contributed by atoms with E-state index in [2.05, 4.69) is 16.7 Å². The lowest BCUT2D eigenvalue weighted by Crippen LogP contribution is -2.28.